The van der Waals surface area contributed by atoms with Gasteiger partial charge in [0.15, 0.2) is 11.6 Å². The number of nitriles is 4. The van der Waals surface area contributed by atoms with Crippen LogP contribution in [0.4, 0.5) is 39.5 Å². The lowest BCUT2D eigenvalue weighted by Crippen LogP contribution is -2.07. The molecular formula is C99H53F9N10. The summed E-state index contributed by atoms with van der Waals surface area (Å²) in [6.45, 7) is 0. The Kier molecular flexibility index (Phi) is 18.3. The molecule has 0 aliphatic carbocycles. The molecule has 4 aromatic heterocycles. The molecule has 0 saturated heterocycles. The van der Waals surface area contributed by atoms with Crippen LogP contribution in [0.3, 0.4) is 0 Å². The molecule has 19 heteroatoms. The zero-order valence-electron chi connectivity index (χ0n) is 61.5. The van der Waals surface area contributed by atoms with Crippen molar-refractivity contribution >= 4 is 43.6 Å². The molecular weight excluding hydrogens is 1500 g/mol. The molecule has 0 radical (unpaired) electrons. The van der Waals surface area contributed by atoms with Crippen molar-refractivity contribution in [2.45, 2.75) is 18.5 Å². The molecule has 562 valence electrons. The minimum absolute atomic E-state index is 0.123. The Hall–Kier alpha value is -15.8. The number of nitrogens with zero attached hydrogens (tertiary/aromatic N) is 10. The van der Waals surface area contributed by atoms with Gasteiger partial charge in [0.25, 0.3) is 0 Å². The molecule has 118 heavy (non-hydrogen) atoms. The van der Waals surface area contributed by atoms with Gasteiger partial charge in [-0.1, -0.05) is 188 Å². The van der Waals surface area contributed by atoms with E-state index in [0.717, 1.165) is 36.4 Å². The highest BCUT2D eigenvalue weighted by Crippen LogP contribution is 2.52. The van der Waals surface area contributed by atoms with Crippen LogP contribution < -0.4 is 0 Å². The SMILES string of the molecule is N#Cc1ccc(-c2cc(-c3nc(-c4ccccc4)c(-c4c(-c5ccccc5)nc(-c5cc(-c6ccc(C#N)cc6)c(-n6c7ccc(C(F)(F)F)cc7c7cc(C(F)(F)F)ccc76)c(-c6ccc(C#N)cc6)c5)nc4-c4ccccc4)c(-c4ccccc4)n3)cc(-c3ccc(C#N)cc3)c2-n2c3ccccc3c3cc(C(F)(F)F)ccc32)cc1. The third kappa shape index (κ3) is 13.3. The van der Waals surface area contributed by atoms with Crippen LogP contribution in [-0.4, -0.2) is 29.1 Å². The van der Waals surface area contributed by atoms with Crippen LogP contribution in [-0.2, 0) is 18.5 Å². The number of fused-ring (bicyclic) bond motifs is 6. The fraction of sp³-hybridized carbons (Fsp3) is 0.0303. The van der Waals surface area contributed by atoms with E-state index in [1.165, 1.54) is 18.2 Å². The summed E-state index contributed by atoms with van der Waals surface area (Å²) in [6, 6.07) is 98.4. The van der Waals surface area contributed by atoms with Gasteiger partial charge in [0.1, 0.15) is 0 Å². The summed E-state index contributed by atoms with van der Waals surface area (Å²) in [5, 5.41) is 41.6. The molecule has 0 amide bonds. The first-order valence-corrected chi connectivity index (χ1v) is 37.0. The molecule has 18 rings (SSSR count). The summed E-state index contributed by atoms with van der Waals surface area (Å²) >= 11 is 0. The molecule has 14 aromatic carbocycles. The minimum Gasteiger partial charge on any atom is -0.308 e. The van der Waals surface area contributed by atoms with Crippen molar-refractivity contribution < 1.29 is 39.5 Å². The van der Waals surface area contributed by atoms with Crippen molar-refractivity contribution in [3.63, 3.8) is 0 Å². The van der Waals surface area contributed by atoms with Crippen molar-refractivity contribution in [3.8, 4) is 159 Å². The predicted molar refractivity (Wildman–Crippen MR) is 440 cm³/mol. The normalized spacial score (nSPS) is 11.7. The highest BCUT2D eigenvalue weighted by molar-refractivity contribution is 6.13. The van der Waals surface area contributed by atoms with Crippen molar-refractivity contribution in [1.82, 2.24) is 29.1 Å². The van der Waals surface area contributed by atoms with Gasteiger partial charge in [-0.15, -0.1) is 0 Å². The van der Waals surface area contributed by atoms with E-state index in [2.05, 4.69) is 24.3 Å². The summed E-state index contributed by atoms with van der Waals surface area (Å²) in [4.78, 5) is 23.1. The van der Waals surface area contributed by atoms with Crippen molar-refractivity contribution in [2.75, 3.05) is 0 Å². The van der Waals surface area contributed by atoms with E-state index < -0.39 is 35.2 Å². The molecule has 0 atom stereocenters. The number of hydrogen-bond acceptors (Lipinski definition) is 8. The van der Waals surface area contributed by atoms with Gasteiger partial charge >= 0.3 is 18.5 Å². The average molecular weight is 1550 g/mol. The van der Waals surface area contributed by atoms with Gasteiger partial charge in [-0.3, -0.25) is 0 Å². The van der Waals surface area contributed by atoms with E-state index in [0.29, 0.717) is 156 Å². The quantitative estimate of drug-likeness (QED) is 0.103. The highest BCUT2D eigenvalue weighted by Gasteiger charge is 2.37. The first-order chi connectivity index (χ1) is 57.2. The average Bonchev–Trinajstić information content (AvgIpc) is 1.46. The number of rotatable bonds is 13. The van der Waals surface area contributed by atoms with Gasteiger partial charge in [0.05, 0.1) is 119 Å². The van der Waals surface area contributed by atoms with Gasteiger partial charge in [-0.2, -0.15) is 60.6 Å². The van der Waals surface area contributed by atoms with E-state index in [9.17, 15) is 60.6 Å². The van der Waals surface area contributed by atoms with Gasteiger partial charge in [0, 0.05) is 88.3 Å². The molecule has 18 aromatic rings. The molecule has 0 aliphatic rings. The smallest absolute Gasteiger partial charge is 0.308 e. The van der Waals surface area contributed by atoms with Gasteiger partial charge in [0.2, 0.25) is 0 Å². The minimum atomic E-state index is -4.89. The van der Waals surface area contributed by atoms with E-state index in [-0.39, 0.29) is 44.6 Å². The first-order valence-electron chi connectivity index (χ1n) is 37.0. The van der Waals surface area contributed by atoms with Crippen molar-refractivity contribution in [3.05, 3.63) is 360 Å². The fourth-order valence-electron chi connectivity index (χ4n) is 15.7. The number of hydrogen-bond donors (Lipinski definition) is 0. The molecule has 0 saturated carbocycles. The zero-order chi connectivity index (χ0) is 81.3. The molecule has 0 fully saturated rings. The summed E-state index contributed by atoms with van der Waals surface area (Å²) in [6.07, 6.45) is -14.5. The lowest BCUT2D eigenvalue weighted by atomic mass is 9.87. The van der Waals surface area contributed by atoms with Crippen LogP contribution in [0.1, 0.15) is 38.9 Å². The number of para-hydroxylation sites is 1. The van der Waals surface area contributed by atoms with E-state index in [4.69, 9.17) is 19.9 Å². The van der Waals surface area contributed by atoms with Crippen LogP contribution in [0.5, 0.6) is 0 Å². The second-order valence-electron chi connectivity index (χ2n) is 28.2. The number of aromatic nitrogens is 6. The Labute approximate surface area is 667 Å². The Morgan fingerprint density at radius 3 is 0.720 bits per heavy atom. The molecule has 0 spiro atoms. The standard InChI is InChI=1S/C99H53F9N10/c100-97(101,102)72-41-44-84-80(51-72)75-23-13-14-24-83(75)117(84)93-76(62-33-25-58(54-109)26-34-62)47-70(48-77(93)63-35-27-59(55-110)28-36-63)95-113-89(66-15-5-1-6-16-66)87(90(114-95)67-17-7-2-8-18-67)88-91(68-19-9-3-10-20-68)115-96(116-92(88)69-21-11-4-12-22-69)71-49-78(64-37-29-60(56-111)30-38-64)94(79(50-71)65-39-31-61(57-112)32-40-65)118-85-45-42-73(98(103,104)105)52-81(85)82-53-74(99(106,107)108)43-46-86(82)118/h1-53H. The largest absolute Gasteiger partial charge is 0.416 e. The van der Waals surface area contributed by atoms with Crippen LogP contribution >= 0.6 is 0 Å². The van der Waals surface area contributed by atoms with Crippen LogP contribution in [0.15, 0.2) is 322 Å². The second-order valence-corrected chi connectivity index (χ2v) is 28.2. The zero-order valence-corrected chi connectivity index (χ0v) is 61.5. The molecule has 0 unspecified atom stereocenters. The Morgan fingerprint density at radius 2 is 0.466 bits per heavy atom. The number of halogens is 9. The lowest BCUT2D eigenvalue weighted by Gasteiger charge is -2.24. The third-order valence-electron chi connectivity index (χ3n) is 21.2. The van der Waals surface area contributed by atoms with Crippen molar-refractivity contribution in [2.24, 2.45) is 0 Å². The van der Waals surface area contributed by atoms with Crippen LogP contribution in [0.25, 0.3) is 178 Å². The third-order valence-corrected chi connectivity index (χ3v) is 21.2. The monoisotopic (exact) mass is 1550 g/mol. The summed E-state index contributed by atoms with van der Waals surface area (Å²) < 4.78 is 137. The topological polar surface area (TPSA) is 157 Å². The first kappa shape index (κ1) is 73.6. The Bertz CT molecular complexity index is 6890. The Morgan fingerprint density at radius 1 is 0.229 bits per heavy atom. The second kappa shape index (κ2) is 29.3. The summed E-state index contributed by atoms with van der Waals surface area (Å²) in [5.41, 5.74) is 10.3. The maximum atomic E-state index is 14.9. The fourth-order valence-corrected chi connectivity index (χ4v) is 15.7. The van der Waals surface area contributed by atoms with Crippen LogP contribution in [0.2, 0.25) is 0 Å². The van der Waals surface area contributed by atoms with Crippen LogP contribution in [0, 0.1) is 45.3 Å². The highest BCUT2D eigenvalue weighted by atomic mass is 19.4. The van der Waals surface area contributed by atoms with E-state index in [1.54, 1.807) is 89.5 Å². The van der Waals surface area contributed by atoms with Gasteiger partial charge < -0.3 is 9.13 Å². The molecule has 0 bridgehead atoms. The maximum Gasteiger partial charge on any atom is 0.416 e. The predicted octanol–water partition coefficient (Wildman–Crippen LogP) is 26.3. The Balaban J connectivity index is 0.957. The lowest BCUT2D eigenvalue weighted by molar-refractivity contribution is -0.138. The summed E-state index contributed by atoms with van der Waals surface area (Å²) in [7, 11) is 0. The maximum absolute atomic E-state index is 14.9. The van der Waals surface area contributed by atoms with Gasteiger partial charge in [-0.05, 0) is 156 Å². The molecule has 4 heterocycles. The van der Waals surface area contributed by atoms with E-state index in [1.807, 2.05) is 187 Å². The van der Waals surface area contributed by atoms with Crippen molar-refractivity contribution in [1.29, 1.82) is 21.0 Å². The molecule has 0 N–H and O–H groups in total. The van der Waals surface area contributed by atoms with E-state index >= 15 is 0 Å². The summed E-state index contributed by atoms with van der Waals surface area (Å²) in [5.74, 6) is 0.352. The molecule has 0 aliphatic heterocycles. The number of alkyl halides is 9. The van der Waals surface area contributed by atoms with Gasteiger partial charge in [-0.25, -0.2) is 19.9 Å². The number of benzene rings is 14. The molecule has 10 nitrogen and oxygen atoms in total.